The van der Waals surface area contributed by atoms with Gasteiger partial charge in [-0.2, -0.15) is 5.10 Å². The molecule has 0 saturated heterocycles. The van der Waals surface area contributed by atoms with E-state index in [2.05, 4.69) is 24.3 Å². The Morgan fingerprint density at radius 3 is 2.73 bits per heavy atom. The Kier molecular flexibility index (Phi) is 4.62. The zero-order valence-corrected chi connectivity index (χ0v) is 9.90. The van der Waals surface area contributed by atoms with E-state index in [0.717, 1.165) is 18.9 Å². The van der Waals surface area contributed by atoms with Crippen molar-refractivity contribution in [3.05, 3.63) is 12.3 Å². The normalized spacial score (nSPS) is 13.1. The van der Waals surface area contributed by atoms with Crippen LogP contribution in [0.5, 0.6) is 0 Å². The minimum atomic E-state index is 0.542. The van der Waals surface area contributed by atoms with Crippen LogP contribution >= 0.6 is 0 Å². The predicted molar refractivity (Wildman–Crippen MR) is 63.7 cm³/mol. The lowest BCUT2D eigenvalue weighted by atomic mass is 9.97. The summed E-state index contributed by atoms with van der Waals surface area (Å²) in [5.74, 6) is 2.30. The fourth-order valence-corrected chi connectivity index (χ4v) is 1.73. The van der Waals surface area contributed by atoms with E-state index < -0.39 is 0 Å². The highest BCUT2D eigenvalue weighted by molar-refractivity contribution is 5.33. The molecule has 1 rings (SSSR count). The molecule has 0 aliphatic heterocycles. The summed E-state index contributed by atoms with van der Waals surface area (Å²) in [6.45, 7) is 6.12. The molecule has 1 heterocycles. The molecule has 0 saturated carbocycles. The molecule has 86 valence electrons. The average molecular weight is 210 g/mol. The van der Waals surface area contributed by atoms with Gasteiger partial charge in [0.25, 0.3) is 0 Å². The van der Waals surface area contributed by atoms with Crippen LogP contribution in [0, 0.1) is 11.8 Å². The summed E-state index contributed by atoms with van der Waals surface area (Å²) in [6, 6.07) is 1.98. The quantitative estimate of drug-likeness (QED) is 0.747. The largest absolute Gasteiger partial charge is 0.370 e. The van der Waals surface area contributed by atoms with Crippen molar-refractivity contribution in [1.29, 1.82) is 0 Å². The fraction of sp³-hybridized carbons (Fsp3) is 0.727. The molecule has 1 aromatic heterocycles. The molecule has 0 aliphatic carbocycles. The Labute approximate surface area is 91.8 Å². The number of rotatable bonds is 6. The van der Waals surface area contributed by atoms with Crippen molar-refractivity contribution >= 4 is 5.82 Å². The first-order chi connectivity index (χ1) is 7.13. The van der Waals surface area contributed by atoms with Gasteiger partial charge in [0.1, 0.15) is 5.82 Å². The lowest BCUT2D eigenvalue weighted by molar-refractivity contribution is 0.432. The Morgan fingerprint density at radius 2 is 2.27 bits per heavy atom. The summed E-state index contributed by atoms with van der Waals surface area (Å²) in [5, 5.41) is 7.47. The van der Waals surface area contributed by atoms with E-state index in [1.165, 1.54) is 6.42 Å². The molecular weight excluding hydrogens is 188 g/mol. The van der Waals surface area contributed by atoms with Crippen molar-refractivity contribution in [1.82, 2.24) is 9.78 Å². The van der Waals surface area contributed by atoms with Crippen molar-refractivity contribution in [2.75, 3.05) is 18.4 Å². The van der Waals surface area contributed by atoms with E-state index >= 15 is 0 Å². The number of anilines is 1. The molecule has 1 aromatic rings. The van der Waals surface area contributed by atoms with Crippen molar-refractivity contribution < 1.29 is 0 Å². The summed E-state index contributed by atoms with van der Waals surface area (Å²) in [6.07, 6.45) is 2.96. The maximum Gasteiger partial charge on any atom is 0.123 e. The van der Waals surface area contributed by atoms with Gasteiger partial charge in [0.15, 0.2) is 0 Å². The van der Waals surface area contributed by atoms with Gasteiger partial charge in [-0.15, -0.1) is 0 Å². The second-order valence-corrected chi connectivity index (χ2v) is 4.45. The van der Waals surface area contributed by atoms with Gasteiger partial charge < -0.3 is 11.1 Å². The van der Waals surface area contributed by atoms with Gasteiger partial charge in [-0.3, -0.25) is 4.68 Å². The zero-order valence-electron chi connectivity index (χ0n) is 9.90. The second-order valence-electron chi connectivity index (χ2n) is 4.45. The summed E-state index contributed by atoms with van der Waals surface area (Å²) in [4.78, 5) is 0. The number of aryl methyl sites for hydroxylation is 1. The van der Waals surface area contributed by atoms with Crippen LogP contribution in [0.3, 0.4) is 0 Å². The fourth-order valence-electron chi connectivity index (χ4n) is 1.73. The summed E-state index contributed by atoms with van der Waals surface area (Å²) in [7, 11) is 1.93. The van der Waals surface area contributed by atoms with Crippen molar-refractivity contribution in [2.24, 2.45) is 24.6 Å². The van der Waals surface area contributed by atoms with E-state index in [0.29, 0.717) is 11.8 Å². The van der Waals surface area contributed by atoms with Crippen LogP contribution in [0.4, 0.5) is 5.82 Å². The van der Waals surface area contributed by atoms with Crippen molar-refractivity contribution in [3.63, 3.8) is 0 Å². The third-order valence-corrected chi connectivity index (χ3v) is 2.53. The third-order valence-electron chi connectivity index (χ3n) is 2.53. The maximum atomic E-state index is 5.74. The molecule has 3 N–H and O–H groups in total. The number of hydrogen-bond acceptors (Lipinski definition) is 3. The number of nitrogens with two attached hydrogens (primary N) is 1. The standard InChI is InChI=1S/C11H22N4/c1-9(2)6-10(7-12)8-13-11-4-5-14-15(11)3/h4-5,9-10,13H,6-8,12H2,1-3H3. The van der Waals surface area contributed by atoms with Crippen LogP contribution in [0.2, 0.25) is 0 Å². The van der Waals surface area contributed by atoms with Gasteiger partial charge in [0.05, 0.1) is 6.20 Å². The van der Waals surface area contributed by atoms with Gasteiger partial charge in [-0.25, -0.2) is 0 Å². The van der Waals surface area contributed by atoms with E-state index in [9.17, 15) is 0 Å². The molecule has 0 aromatic carbocycles. The first kappa shape index (κ1) is 12.0. The molecule has 0 fully saturated rings. The highest BCUT2D eigenvalue weighted by Crippen LogP contribution is 2.12. The molecule has 0 amide bonds. The van der Waals surface area contributed by atoms with Gasteiger partial charge in [-0.1, -0.05) is 13.8 Å². The molecule has 1 unspecified atom stereocenters. The molecule has 0 radical (unpaired) electrons. The summed E-state index contributed by atoms with van der Waals surface area (Å²) in [5.41, 5.74) is 5.74. The van der Waals surface area contributed by atoms with Gasteiger partial charge in [0, 0.05) is 19.7 Å². The predicted octanol–water partition coefficient (Wildman–Crippen LogP) is 1.45. The van der Waals surface area contributed by atoms with Crippen LogP contribution in [0.1, 0.15) is 20.3 Å². The molecule has 0 spiro atoms. The minimum Gasteiger partial charge on any atom is -0.370 e. The van der Waals surface area contributed by atoms with Crippen molar-refractivity contribution in [2.45, 2.75) is 20.3 Å². The van der Waals surface area contributed by atoms with Crippen LogP contribution in [0.25, 0.3) is 0 Å². The van der Waals surface area contributed by atoms with Crippen LogP contribution in [0.15, 0.2) is 12.3 Å². The maximum absolute atomic E-state index is 5.74. The molecule has 0 aliphatic rings. The zero-order chi connectivity index (χ0) is 11.3. The molecule has 0 bridgehead atoms. The summed E-state index contributed by atoms with van der Waals surface area (Å²) < 4.78 is 1.84. The lowest BCUT2D eigenvalue weighted by Gasteiger charge is -2.18. The number of hydrogen-bond donors (Lipinski definition) is 2. The van der Waals surface area contributed by atoms with Crippen LogP contribution in [-0.2, 0) is 7.05 Å². The first-order valence-corrected chi connectivity index (χ1v) is 5.55. The highest BCUT2D eigenvalue weighted by atomic mass is 15.3. The monoisotopic (exact) mass is 210 g/mol. The molecular formula is C11H22N4. The Hall–Kier alpha value is -1.03. The van der Waals surface area contributed by atoms with E-state index in [-0.39, 0.29) is 0 Å². The SMILES string of the molecule is CC(C)CC(CN)CNc1ccnn1C. The average Bonchev–Trinajstić information content (AvgIpc) is 2.58. The van der Waals surface area contributed by atoms with Gasteiger partial charge in [0.2, 0.25) is 0 Å². The number of nitrogens with one attached hydrogen (secondary N) is 1. The number of aromatic nitrogens is 2. The molecule has 15 heavy (non-hydrogen) atoms. The lowest BCUT2D eigenvalue weighted by Crippen LogP contribution is -2.25. The molecule has 4 nitrogen and oxygen atoms in total. The second kappa shape index (κ2) is 5.75. The minimum absolute atomic E-state index is 0.542. The Balaban J connectivity index is 2.37. The topological polar surface area (TPSA) is 55.9 Å². The Bertz CT molecular complexity index is 280. The van der Waals surface area contributed by atoms with E-state index in [1.54, 1.807) is 6.20 Å². The van der Waals surface area contributed by atoms with E-state index in [4.69, 9.17) is 5.73 Å². The Morgan fingerprint density at radius 1 is 1.53 bits per heavy atom. The summed E-state index contributed by atoms with van der Waals surface area (Å²) >= 11 is 0. The first-order valence-electron chi connectivity index (χ1n) is 5.55. The smallest absolute Gasteiger partial charge is 0.123 e. The van der Waals surface area contributed by atoms with E-state index in [1.807, 2.05) is 17.8 Å². The van der Waals surface area contributed by atoms with Gasteiger partial charge >= 0.3 is 0 Å². The van der Waals surface area contributed by atoms with Crippen LogP contribution in [-0.4, -0.2) is 22.9 Å². The van der Waals surface area contributed by atoms with Crippen LogP contribution < -0.4 is 11.1 Å². The highest BCUT2D eigenvalue weighted by Gasteiger charge is 2.09. The van der Waals surface area contributed by atoms with Crippen molar-refractivity contribution in [3.8, 4) is 0 Å². The third kappa shape index (κ3) is 3.91. The molecule has 1 atom stereocenters. The number of nitrogens with zero attached hydrogens (tertiary/aromatic N) is 2. The molecule has 4 heteroatoms. The van der Waals surface area contributed by atoms with Gasteiger partial charge in [-0.05, 0) is 24.8 Å².